The molecule has 0 aliphatic carbocycles. The third kappa shape index (κ3) is 1.95. The molecule has 0 fully saturated rings. The number of rotatable bonds is 2. The first kappa shape index (κ1) is 8.44. The second kappa shape index (κ2) is 3.70. The van der Waals surface area contributed by atoms with Gasteiger partial charge < -0.3 is 4.57 Å². The molecule has 3 nitrogen and oxygen atoms in total. The minimum Gasteiger partial charge on any atom is -0.316 e. The van der Waals surface area contributed by atoms with Gasteiger partial charge in [0.05, 0.1) is 6.54 Å². The van der Waals surface area contributed by atoms with Crippen LogP contribution in [0.3, 0.4) is 0 Å². The highest BCUT2D eigenvalue weighted by Gasteiger charge is 1.98. The van der Waals surface area contributed by atoms with Gasteiger partial charge in [-0.05, 0) is 11.6 Å². The predicted molar refractivity (Wildman–Crippen MR) is 53.3 cm³/mol. The Morgan fingerprint density at radius 3 is 2.54 bits per heavy atom. The summed E-state index contributed by atoms with van der Waals surface area (Å²) in [6.45, 7) is 0.800. The third-order valence-electron chi connectivity index (χ3n) is 1.78. The number of hydrogen-bond donors (Lipinski definition) is 0. The fraction of sp³-hybridized carbons (Fsp3) is 0.111. The molecular formula is C9H8BrN3. The average molecular weight is 238 g/mol. The zero-order valence-electron chi connectivity index (χ0n) is 6.89. The summed E-state index contributed by atoms with van der Waals surface area (Å²) in [6.07, 6.45) is 3.42. The Balaban J connectivity index is 2.24. The van der Waals surface area contributed by atoms with Crippen molar-refractivity contribution in [2.24, 2.45) is 0 Å². The number of halogens is 1. The lowest BCUT2D eigenvalue weighted by Gasteiger charge is -2.03. The maximum atomic E-state index is 3.75. The van der Waals surface area contributed by atoms with Gasteiger partial charge in [0.2, 0.25) is 0 Å². The van der Waals surface area contributed by atoms with Crippen LogP contribution in [0.2, 0.25) is 0 Å². The van der Waals surface area contributed by atoms with E-state index in [1.807, 2.05) is 22.8 Å². The van der Waals surface area contributed by atoms with Crippen LogP contribution in [0.5, 0.6) is 0 Å². The van der Waals surface area contributed by atoms with Crippen molar-refractivity contribution in [3.05, 3.63) is 47.0 Å². The van der Waals surface area contributed by atoms with Crippen LogP contribution >= 0.6 is 15.9 Å². The molecule has 2 rings (SSSR count). The zero-order chi connectivity index (χ0) is 9.10. The molecular weight excluding hydrogens is 230 g/mol. The molecule has 4 heteroatoms. The molecule has 1 heterocycles. The maximum absolute atomic E-state index is 3.75. The minimum absolute atomic E-state index is 0.800. The summed E-state index contributed by atoms with van der Waals surface area (Å²) in [5, 5.41) is 7.49. The van der Waals surface area contributed by atoms with E-state index in [2.05, 4.69) is 32.2 Å². The van der Waals surface area contributed by atoms with E-state index in [9.17, 15) is 0 Å². The van der Waals surface area contributed by atoms with Crippen molar-refractivity contribution < 1.29 is 0 Å². The van der Waals surface area contributed by atoms with Crippen LogP contribution in [0.1, 0.15) is 5.56 Å². The summed E-state index contributed by atoms with van der Waals surface area (Å²) in [5.41, 5.74) is 1.22. The van der Waals surface area contributed by atoms with E-state index in [0.29, 0.717) is 0 Å². The summed E-state index contributed by atoms with van der Waals surface area (Å²) in [5.74, 6) is 0. The Labute approximate surface area is 84.5 Å². The van der Waals surface area contributed by atoms with Crippen LogP contribution in [0.4, 0.5) is 0 Å². The van der Waals surface area contributed by atoms with E-state index in [1.165, 1.54) is 5.56 Å². The normalized spacial score (nSPS) is 10.2. The van der Waals surface area contributed by atoms with Gasteiger partial charge >= 0.3 is 0 Å². The van der Waals surface area contributed by atoms with Gasteiger partial charge in [-0.1, -0.05) is 34.1 Å². The first-order valence-electron chi connectivity index (χ1n) is 3.92. The fourth-order valence-corrected chi connectivity index (χ4v) is 1.54. The van der Waals surface area contributed by atoms with Crippen molar-refractivity contribution >= 4 is 15.9 Å². The second-order valence-corrected chi connectivity index (χ2v) is 3.58. The molecule has 0 saturated heterocycles. The summed E-state index contributed by atoms with van der Waals surface area (Å²) in [6, 6.07) is 8.12. The second-order valence-electron chi connectivity index (χ2n) is 2.73. The summed E-state index contributed by atoms with van der Waals surface area (Å²) in [7, 11) is 0. The number of aromatic nitrogens is 3. The molecule has 1 aromatic carbocycles. The van der Waals surface area contributed by atoms with Crippen LogP contribution in [0, 0.1) is 0 Å². The molecule has 0 saturated carbocycles. The van der Waals surface area contributed by atoms with E-state index in [4.69, 9.17) is 0 Å². The van der Waals surface area contributed by atoms with Gasteiger partial charge in [-0.25, -0.2) is 0 Å². The molecule has 0 spiro atoms. The summed E-state index contributed by atoms with van der Waals surface area (Å²) < 4.78 is 3.05. The van der Waals surface area contributed by atoms with Crippen LogP contribution in [-0.4, -0.2) is 14.8 Å². The molecule has 66 valence electrons. The quantitative estimate of drug-likeness (QED) is 0.801. The highest BCUT2D eigenvalue weighted by molar-refractivity contribution is 9.10. The SMILES string of the molecule is Brc1ccccc1Cn1cnnc1. The van der Waals surface area contributed by atoms with Gasteiger partial charge in [0.15, 0.2) is 0 Å². The molecule has 0 atom stereocenters. The zero-order valence-corrected chi connectivity index (χ0v) is 8.48. The van der Waals surface area contributed by atoms with Crippen LogP contribution in [-0.2, 0) is 6.54 Å². The fourth-order valence-electron chi connectivity index (χ4n) is 1.13. The van der Waals surface area contributed by atoms with E-state index in [0.717, 1.165) is 11.0 Å². The summed E-state index contributed by atoms with van der Waals surface area (Å²) >= 11 is 3.49. The lowest BCUT2D eigenvalue weighted by atomic mass is 10.2. The Bertz CT molecular complexity index is 384. The smallest absolute Gasteiger partial charge is 0.119 e. The molecule has 0 amide bonds. The topological polar surface area (TPSA) is 30.7 Å². The highest BCUT2D eigenvalue weighted by atomic mass is 79.9. The molecule has 0 aliphatic heterocycles. The highest BCUT2D eigenvalue weighted by Crippen LogP contribution is 2.16. The molecule has 2 aromatic rings. The Hall–Kier alpha value is -1.16. The van der Waals surface area contributed by atoms with Gasteiger partial charge in [0.1, 0.15) is 12.7 Å². The van der Waals surface area contributed by atoms with E-state index in [-0.39, 0.29) is 0 Å². The maximum Gasteiger partial charge on any atom is 0.119 e. The van der Waals surface area contributed by atoms with Crippen LogP contribution in [0.15, 0.2) is 41.4 Å². The molecule has 0 N–H and O–H groups in total. The lowest BCUT2D eigenvalue weighted by Crippen LogP contribution is -1.96. The Kier molecular flexibility index (Phi) is 2.40. The van der Waals surface area contributed by atoms with Gasteiger partial charge in [0.25, 0.3) is 0 Å². The number of nitrogens with zero attached hydrogens (tertiary/aromatic N) is 3. The molecule has 0 unspecified atom stereocenters. The molecule has 0 bridgehead atoms. The largest absolute Gasteiger partial charge is 0.316 e. The van der Waals surface area contributed by atoms with Gasteiger partial charge in [-0.2, -0.15) is 0 Å². The molecule has 1 aromatic heterocycles. The lowest BCUT2D eigenvalue weighted by molar-refractivity contribution is 0.791. The van der Waals surface area contributed by atoms with Gasteiger partial charge in [0, 0.05) is 4.47 Å². The number of benzene rings is 1. The third-order valence-corrected chi connectivity index (χ3v) is 2.55. The molecule has 13 heavy (non-hydrogen) atoms. The summed E-state index contributed by atoms with van der Waals surface area (Å²) in [4.78, 5) is 0. The van der Waals surface area contributed by atoms with Crippen molar-refractivity contribution in [2.45, 2.75) is 6.54 Å². The Morgan fingerprint density at radius 2 is 1.85 bits per heavy atom. The minimum atomic E-state index is 0.800. The van der Waals surface area contributed by atoms with Crippen molar-refractivity contribution in [1.82, 2.24) is 14.8 Å². The van der Waals surface area contributed by atoms with Crippen molar-refractivity contribution in [3.63, 3.8) is 0 Å². The van der Waals surface area contributed by atoms with Gasteiger partial charge in [-0.3, -0.25) is 0 Å². The first-order chi connectivity index (χ1) is 6.36. The van der Waals surface area contributed by atoms with E-state index < -0.39 is 0 Å². The van der Waals surface area contributed by atoms with Crippen LogP contribution in [0.25, 0.3) is 0 Å². The first-order valence-corrected chi connectivity index (χ1v) is 4.71. The van der Waals surface area contributed by atoms with Crippen molar-refractivity contribution in [1.29, 1.82) is 0 Å². The van der Waals surface area contributed by atoms with Crippen molar-refractivity contribution in [3.8, 4) is 0 Å². The molecule has 0 aliphatic rings. The predicted octanol–water partition coefficient (Wildman–Crippen LogP) is 2.09. The van der Waals surface area contributed by atoms with E-state index >= 15 is 0 Å². The molecule has 0 radical (unpaired) electrons. The number of hydrogen-bond acceptors (Lipinski definition) is 2. The standard InChI is InChI=1S/C9H8BrN3/c10-9-4-2-1-3-8(9)5-13-6-11-12-7-13/h1-4,6-7H,5H2. The Morgan fingerprint density at radius 1 is 1.15 bits per heavy atom. The van der Waals surface area contributed by atoms with Crippen molar-refractivity contribution in [2.75, 3.05) is 0 Å². The monoisotopic (exact) mass is 237 g/mol. The average Bonchev–Trinajstić information content (AvgIpc) is 2.61. The van der Waals surface area contributed by atoms with E-state index in [1.54, 1.807) is 12.7 Å². The van der Waals surface area contributed by atoms with Gasteiger partial charge in [-0.15, -0.1) is 10.2 Å². The van der Waals surface area contributed by atoms with Crippen LogP contribution < -0.4 is 0 Å².